The molecule has 0 radical (unpaired) electrons. The van der Waals surface area contributed by atoms with E-state index in [1.165, 1.54) is 6.33 Å². The fourth-order valence-corrected chi connectivity index (χ4v) is 4.38. The van der Waals surface area contributed by atoms with Crippen LogP contribution in [0.5, 0.6) is 0 Å². The molecule has 1 aromatic carbocycles. The Bertz CT molecular complexity index is 1170. The van der Waals surface area contributed by atoms with E-state index in [-0.39, 0.29) is 24.9 Å². The number of hydrogen-bond donors (Lipinski definition) is 3. The number of carbonyl (C=O) groups excluding carboxylic acids is 1. The van der Waals surface area contributed by atoms with E-state index in [1.54, 1.807) is 10.9 Å². The second-order valence-electron chi connectivity index (χ2n) is 8.91. The Morgan fingerprint density at radius 3 is 2.77 bits per heavy atom. The first-order valence-electron chi connectivity index (χ1n) is 11.5. The van der Waals surface area contributed by atoms with Crippen LogP contribution in [0.3, 0.4) is 0 Å². The van der Waals surface area contributed by atoms with Crippen molar-refractivity contribution in [2.45, 2.75) is 50.8 Å². The summed E-state index contributed by atoms with van der Waals surface area (Å²) in [6.07, 6.45) is 1.16. The van der Waals surface area contributed by atoms with Crippen LogP contribution in [0.15, 0.2) is 43.0 Å². The third-order valence-corrected chi connectivity index (χ3v) is 5.92. The van der Waals surface area contributed by atoms with Gasteiger partial charge < -0.3 is 35.3 Å². The number of aromatic nitrogens is 4. The average Bonchev–Trinajstić information content (AvgIpc) is 3.50. The maximum atomic E-state index is 11.9. The molecular formula is C23H29N7O5. The summed E-state index contributed by atoms with van der Waals surface area (Å²) in [7, 11) is 0. The molecular weight excluding hydrogens is 454 g/mol. The highest BCUT2D eigenvalue weighted by Gasteiger charge is 2.55. The highest BCUT2D eigenvalue weighted by molar-refractivity contribution is 5.81. The summed E-state index contributed by atoms with van der Waals surface area (Å²) in [6, 6.07) is 9.53. The highest BCUT2D eigenvalue weighted by Crippen LogP contribution is 2.43. The highest BCUT2D eigenvalue weighted by atomic mass is 16.8. The summed E-state index contributed by atoms with van der Waals surface area (Å²) in [5.41, 5.74) is 7.95. The molecule has 35 heavy (non-hydrogen) atoms. The number of nitrogens with one attached hydrogen (secondary N) is 2. The molecule has 0 spiro atoms. The minimum absolute atomic E-state index is 0.229. The van der Waals surface area contributed by atoms with E-state index in [2.05, 4.69) is 25.6 Å². The number of rotatable bonds is 8. The van der Waals surface area contributed by atoms with Crippen molar-refractivity contribution in [1.82, 2.24) is 30.2 Å². The summed E-state index contributed by atoms with van der Waals surface area (Å²) in [6.45, 7) is 5.43. The molecule has 12 heteroatoms. The van der Waals surface area contributed by atoms with Gasteiger partial charge in [-0.25, -0.2) is 19.7 Å². The van der Waals surface area contributed by atoms with Crippen LogP contribution in [-0.4, -0.2) is 69.3 Å². The maximum Gasteiger partial charge on any atom is 0.407 e. The number of nitrogens with two attached hydrogens (primary N) is 1. The van der Waals surface area contributed by atoms with Crippen LogP contribution in [0.25, 0.3) is 11.2 Å². The average molecular weight is 484 g/mol. The molecule has 2 saturated heterocycles. The molecule has 4 heterocycles. The van der Waals surface area contributed by atoms with Gasteiger partial charge in [0, 0.05) is 19.6 Å². The topological polar surface area (TPSA) is 148 Å². The Hall–Kier alpha value is -3.32. The van der Waals surface area contributed by atoms with Crippen LogP contribution in [0.2, 0.25) is 0 Å². The van der Waals surface area contributed by atoms with Crippen LogP contribution in [-0.2, 0) is 25.6 Å². The van der Waals surface area contributed by atoms with Crippen molar-refractivity contribution in [2.24, 2.45) is 0 Å². The summed E-state index contributed by atoms with van der Waals surface area (Å²) in [5, 5.41) is 6.04. The zero-order valence-electron chi connectivity index (χ0n) is 19.6. The van der Waals surface area contributed by atoms with Gasteiger partial charge in [-0.2, -0.15) is 0 Å². The van der Waals surface area contributed by atoms with Gasteiger partial charge in [0.1, 0.15) is 36.8 Å². The summed E-state index contributed by atoms with van der Waals surface area (Å²) < 4.78 is 25.7. The molecule has 4 atom stereocenters. The Kier molecular flexibility index (Phi) is 6.52. The minimum Gasteiger partial charge on any atom is -0.445 e. The zero-order chi connectivity index (χ0) is 24.4. The predicted octanol–water partition coefficient (Wildman–Crippen LogP) is 1.34. The molecule has 0 saturated carbocycles. The summed E-state index contributed by atoms with van der Waals surface area (Å²) in [4.78, 5) is 24.6. The minimum atomic E-state index is -0.746. The molecule has 2 aliphatic heterocycles. The van der Waals surface area contributed by atoms with Gasteiger partial charge in [0.25, 0.3) is 0 Å². The number of carbonyl (C=O) groups is 1. The number of imidazole rings is 1. The van der Waals surface area contributed by atoms with E-state index < -0.39 is 18.1 Å². The quantitative estimate of drug-likeness (QED) is 0.401. The van der Waals surface area contributed by atoms with Gasteiger partial charge in [-0.05, 0) is 19.4 Å². The smallest absolute Gasteiger partial charge is 0.407 e. The molecule has 5 rings (SSSR count). The van der Waals surface area contributed by atoms with E-state index in [0.29, 0.717) is 36.6 Å². The van der Waals surface area contributed by atoms with Gasteiger partial charge >= 0.3 is 6.09 Å². The first-order chi connectivity index (χ1) is 16.9. The monoisotopic (exact) mass is 483 g/mol. The van der Waals surface area contributed by atoms with Crippen LogP contribution in [0.1, 0.15) is 25.6 Å². The van der Waals surface area contributed by atoms with Crippen molar-refractivity contribution in [2.75, 3.05) is 25.4 Å². The fourth-order valence-electron chi connectivity index (χ4n) is 4.38. The number of benzene rings is 1. The van der Waals surface area contributed by atoms with Gasteiger partial charge in [-0.1, -0.05) is 30.3 Å². The van der Waals surface area contributed by atoms with Crippen molar-refractivity contribution >= 4 is 23.1 Å². The summed E-state index contributed by atoms with van der Waals surface area (Å²) >= 11 is 0. The number of hydrogen-bond acceptors (Lipinski definition) is 10. The largest absolute Gasteiger partial charge is 0.445 e. The van der Waals surface area contributed by atoms with Crippen LogP contribution >= 0.6 is 0 Å². The van der Waals surface area contributed by atoms with Gasteiger partial charge in [0.2, 0.25) is 0 Å². The Morgan fingerprint density at radius 2 is 1.94 bits per heavy atom. The van der Waals surface area contributed by atoms with Crippen molar-refractivity contribution in [1.29, 1.82) is 0 Å². The van der Waals surface area contributed by atoms with E-state index in [0.717, 1.165) is 5.56 Å². The predicted molar refractivity (Wildman–Crippen MR) is 125 cm³/mol. The zero-order valence-corrected chi connectivity index (χ0v) is 19.6. The molecule has 186 valence electrons. The molecule has 0 bridgehead atoms. The van der Waals surface area contributed by atoms with Gasteiger partial charge in [0.15, 0.2) is 23.5 Å². The van der Waals surface area contributed by atoms with Gasteiger partial charge in [0.05, 0.1) is 6.33 Å². The normalized spacial score (nSPS) is 25.0. The molecule has 2 aliphatic rings. The first kappa shape index (κ1) is 23.4. The number of ether oxygens (including phenoxy) is 4. The van der Waals surface area contributed by atoms with Crippen LogP contribution in [0.4, 0.5) is 10.6 Å². The lowest BCUT2D eigenvalue weighted by molar-refractivity contribution is -0.195. The lowest BCUT2D eigenvalue weighted by Crippen LogP contribution is -2.40. The molecule has 2 fully saturated rings. The molecule has 12 nitrogen and oxygen atoms in total. The Labute approximate surface area is 202 Å². The number of fused-ring (bicyclic) bond motifs is 2. The van der Waals surface area contributed by atoms with Crippen molar-refractivity contribution < 1.29 is 23.7 Å². The lowest BCUT2D eigenvalue weighted by Gasteiger charge is -2.25. The Morgan fingerprint density at radius 1 is 1.14 bits per heavy atom. The second-order valence-corrected chi connectivity index (χ2v) is 8.91. The lowest BCUT2D eigenvalue weighted by atomic mass is 10.1. The third-order valence-electron chi connectivity index (χ3n) is 5.92. The fraction of sp³-hybridized carbons (Fsp3) is 0.478. The number of nitrogens with zero attached hydrogens (tertiary/aromatic N) is 4. The SMILES string of the molecule is CC1(C)O[C@@H]2[C@@H](CNCCNC(=O)OCc3ccccc3)OC(n3cnc4c(N)ncnc43)[C@@H]2O1. The van der Waals surface area contributed by atoms with E-state index in [9.17, 15) is 4.79 Å². The molecule has 4 N–H and O–H groups in total. The molecule has 1 amide bonds. The van der Waals surface area contributed by atoms with Crippen molar-refractivity contribution in [3.8, 4) is 0 Å². The number of alkyl carbamates (subject to hydrolysis) is 1. The standard InChI is InChI=1S/C23H29N7O5/c1-23(2)34-17-15(10-25-8-9-26-22(31)32-11-14-6-4-3-5-7-14)33-21(18(17)35-23)30-13-29-16-19(24)27-12-28-20(16)30/h3-7,12-13,15,17-18,21,25H,8-11H2,1-2H3,(H,26,31)(H2,24,27,28)/t15-,17-,18-,21?/m1/s1. The second kappa shape index (κ2) is 9.74. The van der Waals surface area contributed by atoms with Gasteiger partial charge in [-0.3, -0.25) is 4.57 Å². The molecule has 1 unspecified atom stereocenters. The Balaban J connectivity index is 1.14. The molecule has 2 aromatic heterocycles. The van der Waals surface area contributed by atoms with Crippen molar-refractivity contribution in [3.05, 3.63) is 48.5 Å². The molecule has 0 aliphatic carbocycles. The maximum absolute atomic E-state index is 11.9. The van der Waals surface area contributed by atoms with Gasteiger partial charge in [-0.15, -0.1) is 0 Å². The summed E-state index contributed by atoms with van der Waals surface area (Å²) in [5.74, 6) is -0.440. The van der Waals surface area contributed by atoms with Crippen molar-refractivity contribution in [3.63, 3.8) is 0 Å². The van der Waals surface area contributed by atoms with Crippen LogP contribution < -0.4 is 16.4 Å². The van der Waals surface area contributed by atoms with E-state index in [4.69, 9.17) is 24.7 Å². The number of anilines is 1. The van der Waals surface area contributed by atoms with E-state index >= 15 is 0 Å². The first-order valence-corrected chi connectivity index (χ1v) is 11.5. The molecule has 3 aromatic rings. The number of nitrogen functional groups attached to an aromatic ring is 1. The number of amides is 1. The van der Waals surface area contributed by atoms with E-state index in [1.807, 2.05) is 44.2 Å². The third kappa shape index (κ3) is 5.05. The van der Waals surface area contributed by atoms with Crippen LogP contribution in [0, 0.1) is 0 Å².